The fraction of sp³-hybridized carbons (Fsp3) is 0.167. The fourth-order valence-electron chi connectivity index (χ4n) is 3.39. The molecule has 0 fully saturated rings. The second-order valence-electron chi connectivity index (χ2n) is 7.29. The van der Waals surface area contributed by atoms with E-state index in [9.17, 15) is 19.7 Å². The van der Waals surface area contributed by atoms with Crippen molar-refractivity contribution in [2.75, 3.05) is 30.0 Å². The smallest absolute Gasteiger partial charge is 0.269 e. The first-order valence-corrected chi connectivity index (χ1v) is 10.3. The molecule has 0 saturated heterocycles. The molecule has 168 valence electrons. The van der Waals surface area contributed by atoms with E-state index in [-0.39, 0.29) is 23.8 Å². The van der Waals surface area contributed by atoms with Gasteiger partial charge in [0.05, 0.1) is 17.2 Å². The summed E-state index contributed by atoms with van der Waals surface area (Å²) in [4.78, 5) is 36.9. The molecular weight excluding hydrogens is 426 g/mol. The molecule has 4 rings (SSSR count). The topological polar surface area (TPSA) is 111 Å². The van der Waals surface area contributed by atoms with E-state index in [2.05, 4.69) is 5.32 Å². The molecule has 1 N–H and O–H groups in total. The second kappa shape index (κ2) is 9.82. The van der Waals surface area contributed by atoms with Crippen LogP contribution >= 0.6 is 0 Å². The number of carbonyl (C=O) groups excluding carboxylic acids is 2. The Bertz CT molecular complexity index is 1160. The van der Waals surface area contributed by atoms with Crippen molar-refractivity contribution < 1.29 is 24.0 Å². The van der Waals surface area contributed by atoms with Gasteiger partial charge in [0.15, 0.2) is 6.61 Å². The first-order valence-electron chi connectivity index (χ1n) is 10.3. The van der Waals surface area contributed by atoms with Crippen LogP contribution in [0.2, 0.25) is 0 Å². The molecule has 0 atom stereocenters. The van der Waals surface area contributed by atoms with E-state index < -0.39 is 10.8 Å². The van der Waals surface area contributed by atoms with Crippen LogP contribution in [-0.2, 0) is 4.79 Å². The monoisotopic (exact) mass is 447 g/mol. The molecule has 0 aliphatic carbocycles. The highest BCUT2D eigenvalue weighted by atomic mass is 16.6. The highest BCUT2D eigenvalue weighted by molar-refractivity contribution is 6.05. The van der Waals surface area contributed by atoms with Crippen molar-refractivity contribution in [1.29, 1.82) is 0 Å². The summed E-state index contributed by atoms with van der Waals surface area (Å²) < 4.78 is 11.2. The van der Waals surface area contributed by atoms with Gasteiger partial charge in [0, 0.05) is 29.9 Å². The Kier molecular flexibility index (Phi) is 6.49. The van der Waals surface area contributed by atoms with E-state index in [0.717, 1.165) is 5.75 Å². The van der Waals surface area contributed by atoms with Crippen LogP contribution in [0.25, 0.3) is 0 Å². The number of rotatable bonds is 8. The number of para-hydroxylation sites is 1. The van der Waals surface area contributed by atoms with Crippen molar-refractivity contribution in [3.8, 4) is 11.5 Å². The third-order valence-electron chi connectivity index (χ3n) is 5.04. The van der Waals surface area contributed by atoms with E-state index in [0.29, 0.717) is 36.7 Å². The minimum absolute atomic E-state index is 0.0545. The van der Waals surface area contributed by atoms with Gasteiger partial charge in [-0.3, -0.25) is 19.7 Å². The highest BCUT2D eigenvalue weighted by Gasteiger charge is 2.25. The first kappa shape index (κ1) is 21.8. The van der Waals surface area contributed by atoms with Crippen LogP contribution in [0.5, 0.6) is 11.5 Å². The number of carbonyl (C=O) groups is 2. The zero-order chi connectivity index (χ0) is 23.2. The minimum Gasteiger partial charge on any atom is -0.494 e. The average molecular weight is 447 g/mol. The maximum absolute atomic E-state index is 12.5. The number of nitrogens with one attached hydrogen (secondary N) is 1. The number of anilines is 2. The van der Waals surface area contributed by atoms with Gasteiger partial charge in [-0.1, -0.05) is 18.2 Å². The molecule has 9 nitrogen and oxygen atoms in total. The van der Waals surface area contributed by atoms with Gasteiger partial charge in [-0.2, -0.15) is 0 Å². The number of hydrogen-bond acceptors (Lipinski definition) is 6. The SMILES string of the molecule is O=C(Nc1ccc2c(c1)N(CCCOc1ccccc1)C(=O)CO2)c1ccc([N+](=O)[O-])cc1. The van der Waals surface area contributed by atoms with Gasteiger partial charge in [0.2, 0.25) is 0 Å². The number of amides is 2. The maximum atomic E-state index is 12.5. The quantitative estimate of drug-likeness (QED) is 0.317. The molecule has 33 heavy (non-hydrogen) atoms. The normalized spacial score (nSPS) is 12.5. The molecule has 0 unspecified atom stereocenters. The summed E-state index contributed by atoms with van der Waals surface area (Å²) in [7, 11) is 0. The molecule has 1 aliphatic rings. The lowest BCUT2D eigenvalue weighted by molar-refractivity contribution is -0.384. The van der Waals surface area contributed by atoms with Crippen LogP contribution < -0.4 is 19.7 Å². The third-order valence-corrected chi connectivity index (χ3v) is 5.04. The highest BCUT2D eigenvalue weighted by Crippen LogP contribution is 2.35. The lowest BCUT2D eigenvalue weighted by Crippen LogP contribution is -2.39. The average Bonchev–Trinajstić information content (AvgIpc) is 2.83. The summed E-state index contributed by atoms with van der Waals surface area (Å²) in [5.41, 5.74) is 1.22. The molecule has 0 spiro atoms. The van der Waals surface area contributed by atoms with Crippen LogP contribution in [0.4, 0.5) is 17.1 Å². The number of nitrogens with zero attached hydrogens (tertiary/aromatic N) is 2. The lowest BCUT2D eigenvalue weighted by Gasteiger charge is -2.30. The van der Waals surface area contributed by atoms with Crippen LogP contribution in [0.1, 0.15) is 16.8 Å². The van der Waals surface area contributed by atoms with E-state index in [1.165, 1.54) is 24.3 Å². The van der Waals surface area contributed by atoms with Crippen LogP contribution in [0.15, 0.2) is 72.8 Å². The molecule has 3 aromatic rings. The standard InChI is InChI=1S/C24H21N3O6/c28-23-16-33-22-12-9-18(25-24(29)17-7-10-19(11-8-17)27(30)31)15-21(22)26(23)13-4-14-32-20-5-2-1-3-6-20/h1-3,5-12,15H,4,13-14,16H2,(H,25,29). The first-order chi connectivity index (χ1) is 16.0. The molecule has 0 aromatic heterocycles. The van der Waals surface area contributed by atoms with Gasteiger partial charge in [-0.05, 0) is 48.9 Å². The van der Waals surface area contributed by atoms with Gasteiger partial charge >= 0.3 is 0 Å². The Morgan fingerprint density at radius 2 is 1.85 bits per heavy atom. The zero-order valence-corrected chi connectivity index (χ0v) is 17.6. The zero-order valence-electron chi connectivity index (χ0n) is 17.6. The number of benzene rings is 3. The van der Waals surface area contributed by atoms with E-state index >= 15 is 0 Å². The molecule has 0 radical (unpaired) electrons. The number of nitro benzene ring substituents is 1. The van der Waals surface area contributed by atoms with Gasteiger partial charge in [-0.25, -0.2) is 0 Å². The molecule has 1 aliphatic heterocycles. The number of nitro groups is 1. The molecule has 0 bridgehead atoms. The molecule has 2 amide bonds. The Balaban J connectivity index is 1.42. The largest absolute Gasteiger partial charge is 0.494 e. The minimum atomic E-state index is -0.526. The van der Waals surface area contributed by atoms with Crippen molar-refractivity contribution in [3.05, 3.63) is 88.5 Å². The molecule has 0 saturated carbocycles. The second-order valence-corrected chi connectivity index (χ2v) is 7.29. The van der Waals surface area contributed by atoms with Gasteiger partial charge in [0.25, 0.3) is 17.5 Å². The van der Waals surface area contributed by atoms with Crippen molar-refractivity contribution in [3.63, 3.8) is 0 Å². The van der Waals surface area contributed by atoms with Crippen molar-refractivity contribution in [2.24, 2.45) is 0 Å². The predicted octanol–water partition coefficient (Wildman–Crippen LogP) is 4.04. The summed E-state index contributed by atoms with van der Waals surface area (Å²) in [6, 6.07) is 19.8. The van der Waals surface area contributed by atoms with Gasteiger partial charge < -0.3 is 19.7 Å². The Hall–Kier alpha value is -4.40. The van der Waals surface area contributed by atoms with E-state index in [4.69, 9.17) is 9.47 Å². The van der Waals surface area contributed by atoms with Gasteiger partial charge in [0.1, 0.15) is 11.5 Å². The third kappa shape index (κ3) is 5.27. The summed E-state index contributed by atoms with van der Waals surface area (Å²) in [6.45, 7) is 0.823. The number of non-ortho nitro benzene ring substituents is 1. The molecular formula is C24H21N3O6. The number of hydrogen-bond donors (Lipinski definition) is 1. The summed E-state index contributed by atoms with van der Waals surface area (Å²) in [6.07, 6.45) is 0.611. The number of fused-ring (bicyclic) bond motifs is 1. The van der Waals surface area contributed by atoms with Gasteiger partial charge in [-0.15, -0.1) is 0 Å². The van der Waals surface area contributed by atoms with Crippen LogP contribution in [0.3, 0.4) is 0 Å². The predicted molar refractivity (Wildman–Crippen MR) is 122 cm³/mol. The Morgan fingerprint density at radius 3 is 2.58 bits per heavy atom. The van der Waals surface area contributed by atoms with Crippen LogP contribution in [-0.4, -0.2) is 36.5 Å². The molecule has 3 aromatic carbocycles. The van der Waals surface area contributed by atoms with Crippen molar-refractivity contribution >= 4 is 28.9 Å². The lowest BCUT2D eigenvalue weighted by atomic mass is 10.1. The van der Waals surface area contributed by atoms with Crippen molar-refractivity contribution in [1.82, 2.24) is 0 Å². The van der Waals surface area contributed by atoms with E-state index in [1.807, 2.05) is 30.3 Å². The van der Waals surface area contributed by atoms with Crippen molar-refractivity contribution in [2.45, 2.75) is 6.42 Å². The summed E-state index contributed by atoms with van der Waals surface area (Å²) in [5, 5.41) is 13.5. The molecule has 1 heterocycles. The maximum Gasteiger partial charge on any atom is 0.269 e. The van der Waals surface area contributed by atoms with Crippen LogP contribution in [0, 0.1) is 10.1 Å². The summed E-state index contributed by atoms with van der Waals surface area (Å²) >= 11 is 0. The summed E-state index contributed by atoms with van der Waals surface area (Å²) in [5.74, 6) is 0.714. The van der Waals surface area contributed by atoms with E-state index in [1.54, 1.807) is 23.1 Å². The Labute approximate surface area is 189 Å². The molecule has 9 heteroatoms. The Morgan fingerprint density at radius 1 is 1.09 bits per heavy atom. The number of ether oxygens (including phenoxy) is 2. The fourth-order valence-corrected chi connectivity index (χ4v) is 3.39.